The minimum absolute atomic E-state index is 0.0657. The number of thioether (sulfide) groups is 1. The van der Waals surface area contributed by atoms with E-state index in [1.807, 2.05) is 36.4 Å². The zero-order chi connectivity index (χ0) is 15.2. The van der Waals surface area contributed by atoms with E-state index >= 15 is 0 Å². The van der Waals surface area contributed by atoms with Crippen molar-refractivity contribution < 1.29 is 9.53 Å². The first-order valence-corrected chi connectivity index (χ1v) is 7.82. The maximum Gasteiger partial charge on any atom is 0.315 e. The van der Waals surface area contributed by atoms with Crippen LogP contribution < -0.4 is 5.73 Å². The Hall–Kier alpha value is -1.65. The summed E-state index contributed by atoms with van der Waals surface area (Å²) in [6.07, 6.45) is 0. The molecule has 1 atom stereocenters. The fourth-order valence-corrected chi connectivity index (χ4v) is 3.31. The highest BCUT2D eigenvalue weighted by molar-refractivity contribution is 8.00. The lowest BCUT2D eigenvalue weighted by molar-refractivity contribution is -0.137. The zero-order valence-electron chi connectivity index (χ0n) is 11.6. The molecule has 0 radical (unpaired) electrons. The molecular weight excluding hydrogens is 306 g/mol. The average molecular weight is 322 g/mol. The van der Waals surface area contributed by atoms with Gasteiger partial charge in [0.15, 0.2) is 0 Å². The van der Waals surface area contributed by atoms with E-state index in [-0.39, 0.29) is 17.0 Å². The zero-order valence-corrected chi connectivity index (χ0v) is 13.2. The van der Waals surface area contributed by atoms with Crippen LogP contribution in [-0.2, 0) is 9.53 Å². The molecule has 0 amide bonds. The monoisotopic (exact) mass is 321 g/mol. The van der Waals surface area contributed by atoms with Gasteiger partial charge in [0, 0.05) is 10.7 Å². The minimum Gasteiger partial charge on any atom is -0.468 e. The molecule has 0 bridgehead atoms. The third-order valence-corrected chi connectivity index (χ3v) is 4.53. The molecule has 21 heavy (non-hydrogen) atoms. The Morgan fingerprint density at radius 1 is 1.29 bits per heavy atom. The average Bonchev–Trinajstić information content (AvgIpc) is 2.51. The summed E-state index contributed by atoms with van der Waals surface area (Å²) >= 11 is 7.55. The van der Waals surface area contributed by atoms with Crippen molar-refractivity contribution in [1.29, 1.82) is 0 Å². The highest BCUT2D eigenvalue weighted by Gasteiger charge is 2.19. The van der Waals surface area contributed by atoms with Gasteiger partial charge < -0.3 is 10.5 Å². The van der Waals surface area contributed by atoms with E-state index in [0.717, 1.165) is 11.1 Å². The molecule has 0 aliphatic carbocycles. The van der Waals surface area contributed by atoms with Gasteiger partial charge in [0.1, 0.15) is 0 Å². The molecule has 0 fully saturated rings. The number of hydrogen-bond acceptors (Lipinski definition) is 4. The van der Waals surface area contributed by atoms with Gasteiger partial charge in [0.25, 0.3) is 0 Å². The van der Waals surface area contributed by atoms with Crippen molar-refractivity contribution in [2.45, 2.75) is 5.25 Å². The number of rotatable bonds is 5. The van der Waals surface area contributed by atoms with Crippen molar-refractivity contribution in [3.63, 3.8) is 0 Å². The molecule has 110 valence electrons. The Morgan fingerprint density at radius 3 is 2.67 bits per heavy atom. The standard InChI is InChI=1S/C16H16ClNO2S/c1-20-15(19)10-21-16(11-5-3-2-4-6-11)13-9-12(17)7-8-14(13)18/h2-9,16H,10,18H2,1H3. The van der Waals surface area contributed by atoms with Gasteiger partial charge in [-0.1, -0.05) is 41.9 Å². The topological polar surface area (TPSA) is 52.3 Å². The molecule has 0 saturated heterocycles. The molecular formula is C16H16ClNO2S. The molecule has 0 aromatic heterocycles. The normalized spacial score (nSPS) is 11.9. The number of benzene rings is 2. The Morgan fingerprint density at radius 2 is 2.00 bits per heavy atom. The van der Waals surface area contributed by atoms with Gasteiger partial charge in [-0.2, -0.15) is 0 Å². The van der Waals surface area contributed by atoms with Crippen molar-refractivity contribution in [3.8, 4) is 0 Å². The van der Waals surface area contributed by atoms with Crippen molar-refractivity contribution in [2.75, 3.05) is 18.6 Å². The van der Waals surface area contributed by atoms with Gasteiger partial charge in [-0.15, -0.1) is 11.8 Å². The summed E-state index contributed by atoms with van der Waals surface area (Å²) in [6, 6.07) is 15.3. The van der Waals surface area contributed by atoms with Crippen molar-refractivity contribution in [2.24, 2.45) is 0 Å². The van der Waals surface area contributed by atoms with Crippen LogP contribution in [0.4, 0.5) is 5.69 Å². The number of anilines is 1. The number of carbonyl (C=O) groups excluding carboxylic acids is 1. The van der Waals surface area contributed by atoms with Crippen LogP contribution in [0.2, 0.25) is 5.02 Å². The molecule has 3 nitrogen and oxygen atoms in total. The lowest BCUT2D eigenvalue weighted by Gasteiger charge is -2.19. The Labute approximate surface area is 133 Å². The van der Waals surface area contributed by atoms with Gasteiger partial charge in [-0.25, -0.2) is 0 Å². The first-order valence-electron chi connectivity index (χ1n) is 6.40. The lowest BCUT2D eigenvalue weighted by Crippen LogP contribution is -2.08. The first-order chi connectivity index (χ1) is 10.1. The summed E-state index contributed by atoms with van der Waals surface area (Å²) < 4.78 is 4.71. The van der Waals surface area contributed by atoms with Gasteiger partial charge >= 0.3 is 5.97 Å². The summed E-state index contributed by atoms with van der Waals surface area (Å²) in [5.74, 6) is -0.0105. The van der Waals surface area contributed by atoms with Crippen LogP contribution in [0.15, 0.2) is 48.5 Å². The van der Waals surface area contributed by atoms with Gasteiger partial charge in [-0.05, 0) is 29.3 Å². The smallest absolute Gasteiger partial charge is 0.315 e. The van der Waals surface area contributed by atoms with Crippen molar-refractivity contribution in [3.05, 3.63) is 64.7 Å². The second kappa shape index (κ2) is 7.38. The number of nitrogens with two attached hydrogens (primary N) is 1. The van der Waals surface area contributed by atoms with E-state index in [2.05, 4.69) is 0 Å². The van der Waals surface area contributed by atoms with Gasteiger partial charge in [0.2, 0.25) is 0 Å². The number of esters is 1. The molecule has 0 aliphatic heterocycles. The number of halogens is 1. The van der Waals surface area contributed by atoms with Crippen LogP contribution >= 0.6 is 23.4 Å². The number of ether oxygens (including phenoxy) is 1. The number of methoxy groups -OCH3 is 1. The maximum absolute atomic E-state index is 11.4. The SMILES string of the molecule is COC(=O)CSC(c1ccccc1)c1cc(Cl)ccc1N. The summed E-state index contributed by atoms with van der Waals surface area (Å²) in [5, 5.41) is 0.558. The molecule has 5 heteroatoms. The maximum atomic E-state index is 11.4. The summed E-state index contributed by atoms with van der Waals surface area (Å²) in [7, 11) is 1.38. The van der Waals surface area contributed by atoms with Crippen molar-refractivity contribution >= 4 is 35.0 Å². The van der Waals surface area contributed by atoms with E-state index in [4.69, 9.17) is 22.1 Å². The summed E-state index contributed by atoms with van der Waals surface area (Å²) in [6.45, 7) is 0. The fourth-order valence-electron chi connectivity index (χ4n) is 1.98. The summed E-state index contributed by atoms with van der Waals surface area (Å²) in [5.41, 5.74) is 8.71. The predicted molar refractivity (Wildman–Crippen MR) is 88.6 cm³/mol. The molecule has 2 aromatic carbocycles. The van der Waals surface area contributed by atoms with Gasteiger partial charge in [0.05, 0.1) is 18.1 Å². The molecule has 2 rings (SSSR count). The summed E-state index contributed by atoms with van der Waals surface area (Å²) in [4.78, 5) is 11.4. The van der Waals surface area contributed by atoms with Crippen LogP contribution in [0.1, 0.15) is 16.4 Å². The minimum atomic E-state index is -0.262. The fraction of sp³-hybridized carbons (Fsp3) is 0.188. The van der Waals surface area contributed by atoms with Crippen LogP contribution in [0.3, 0.4) is 0 Å². The molecule has 0 spiro atoms. The number of carbonyl (C=O) groups is 1. The lowest BCUT2D eigenvalue weighted by atomic mass is 10.0. The van der Waals surface area contributed by atoms with Gasteiger partial charge in [-0.3, -0.25) is 4.79 Å². The third-order valence-electron chi connectivity index (χ3n) is 3.03. The number of nitrogen functional groups attached to an aromatic ring is 1. The molecule has 2 N–H and O–H groups in total. The van der Waals surface area contributed by atoms with E-state index < -0.39 is 0 Å². The van der Waals surface area contributed by atoms with E-state index in [9.17, 15) is 4.79 Å². The van der Waals surface area contributed by atoms with Crippen LogP contribution in [-0.4, -0.2) is 18.8 Å². The second-order valence-electron chi connectivity index (χ2n) is 4.45. The Kier molecular flexibility index (Phi) is 5.53. The Balaban J connectivity index is 2.35. The quantitative estimate of drug-likeness (QED) is 0.670. The Bertz CT molecular complexity index is 619. The van der Waals surface area contributed by atoms with E-state index in [1.54, 1.807) is 12.1 Å². The number of hydrogen-bond donors (Lipinski definition) is 1. The second-order valence-corrected chi connectivity index (χ2v) is 5.98. The highest BCUT2D eigenvalue weighted by Crippen LogP contribution is 2.39. The van der Waals surface area contributed by atoms with Crippen LogP contribution in [0, 0.1) is 0 Å². The molecule has 0 saturated carbocycles. The third kappa shape index (κ3) is 4.16. The molecule has 2 aromatic rings. The molecule has 1 unspecified atom stereocenters. The molecule has 0 heterocycles. The van der Waals surface area contributed by atoms with E-state index in [1.165, 1.54) is 18.9 Å². The first kappa shape index (κ1) is 15.7. The van der Waals surface area contributed by atoms with Crippen molar-refractivity contribution in [1.82, 2.24) is 0 Å². The van der Waals surface area contributed by atoms with Crippen LogP contribution in [0.5, 0.6) is 0 Å². The largest absolute Gasteiger partial charge is 0.468 e. The predicted octanol–water partition coefficient (Wildman–Crippen LogP) is 3.92. The molecule has 0 aliphatic rings. The van der Waals surface area contributed by atoms with E-state index in [0.29, 0.717) is 10.7 Å². The highest BCUT2D eigenvalue weighted by atomic mass is 35.5. The van der Waals surface area contributed by atoms with Crippen LogP contribution in [0.25, 0.3) is 0 Å².